The van der Waals surface area contributed by atoms with Crippen LogP contribution in [-0.2, 0) is 44.8 Å². The Balaban J connectivity index is 2.28. The molecule has 1 aliphatic rings. The highest BCUT2D eigenvalue weighted by Gasteiger charge is 2.48. The van der Waals surface area contributed by atoms with E-state index in [0.29, 0.717) is 5.56 Å². The van der Waals surface area contributed by atoms with Crippen molar-refractivity contribution in [2.45, 2.75) is 123 Å². The number of nitrogens with one attached hydrogen (secondary N) is 4. The third-order valence-electron chi connectivity index (χ3n) is 7.71. The Morgan fingerprint density at radius 3 is 2.04 bits per heavy atom. The molecule has 18 heteroatoms. The third-order valence-corrected chi connectivity index (χ3v) is 7.71. The topological polar surface area (TPSA) is 279 Å². The molecule has 1 aromatic rings. The molecule has 1 heterocycles. The lowest BCUT2D eigenvalue weighted by Crippen LogP contribution is -2.61. The highest BCUT2D eigenvalue weighted by molar-refractivity contribution is 5.99. The van der Waals surface area contributed by atoms with Gasteiger partial charge in [0.05, 0.1) is 17.6 Å². The molecule has 1 aliphatic heterocycles. The van der Waals surface area contributed by atoms with Crippen molar-refractivity contribution in [3.63, 3.8) is 0 Å². The number of carbonyl (C=O) groups is 6. The van der Waals surface area contributed by atoms with Crippen molar-refractivity contribution in [2.24, 2.45) is 11.8 Å². The molecule has 2 rings (SSSR count). The van der Waals surface area contributed by atoms with Gasteiger partial charge in [0.15, 0.2) is 6.10 Å². The van der Waals surface area contributed by atoms with Gasteiger partial charge >= 0.3 is 17.9 Å². The second kappa shape index (κ2) is 19.3. The van der Waals surface area contributed by atoms with Gasteiger partial charge in [0.25, 0.3) is 0 Å². The van der Waals surface area contributed by atoms with Crippen LogP contribution in [0.4, 0.5) is 5.69 Å². The van der Waals surface area contributed by atoms with Crippen LogP contribution in [0.2, 0.25) is 0 Å². The van der Waals surface area contributed by atoms with E-state index < -0.39 is 96.3 Å². The average molecular weight is 727 g/mol. The minimum atomic E-state index is -1.98. The fourth-order valence-electron chi connectivity index (χ4n) is 4.81. The van der Waals surface area contributed by atoms with E-state index >= 15 is 0 Å². The molecule has 8 atom stereocenters. The van der Waals surface area contributed by atoms with Crippen molar-refractivity contribution in [1.82, 2.24) is 16.0 Å². The molecule has 1 aromatic carbocycles. The molecule has 51 heavy (non-hydrogen) atoms. The van der Waals surface area contributed by atoms with Gasteiger partial charge in [-0.25, -0.2) is 4.79 Å². The van der Waals surface area contributed by atoms with E-state index in [2.05, 4.69) is 21.3 Å². The second-order valence-corrected chi connectivity index (χ2v) is 13.2. The van der Waals surface area contributed by atoms with E-state index in [-0.39, 0.29) is 36.9 Å². The molecule has 1 fully saturated rings. The Morgan fingerprint density at radius 1 is 0.843 bits per heavy atom. The van der Waals surface area contributed by atoms with E-state index in [1.165, 1.54) is 25.1 Å². The molecule has 0 bridgehead atoms. The molecular weight excluding hydrogens is 676 g/mol. The number of hydrogen-bond acceptors (Lipinski definition) is 13. The van der Waals surface area contributed by atoms with Crippen molar-refractivity contribution >= 4 is 41.3 Å². The van der Waals surface area contributed by atoms with Crippen molar-refractivity contribution in [1.29, 1.82) is 0 Å². The maximum Gasteiger partial charge on any atom is 0.335 e. The van der Waals surface area contributed by atoms with Crippen LogP contribution in [0.25, 0.3) is 0 Å². The van der Waals surface area contributed by atoms with Gasteiger partial charge in [-0.05, 0) is 37.0 Å². The number of aliphatic hydroxyl groups excluding tert-OH is 3. The van der Waals surface area contributed by atoms with Crippen molar-refractivity contribution in [3.05, 3.63) is 23.8 Å². The summed E-state index contributed by atoms with van der Waals surface area (Å²) in [4.78, 5) is 74.5. The van der Waals surface area contributed by atoms with Crippen LogP contribution in [0.15, 0.2) is 18.2 Å². The molecule has 0 unspecified atom stereocenters. The number of benzene rings is 1. The lowest BCUT2D eigenvalue weighted by atomic mass is 9.99. The SMILES string of the molecule is CC(C)N[C@@H](CCC(=O)O)C(=O)N[C@H](C(=O)N[C@@H](C)C(=O)Nc1ccc(COC(=O)C(C)C)cc1O[C@@H]1O[C@H](C(=O)O)[C@@H](O)[C@H](O)[C@H]1O)C(C)C. The third kappa shape index (κ3) is 12.7. The lowest BCUT2D eigenvalue weighted by molar-refractivity contribution is -0.271. The first-order valence-corrected chi connectivity index (χ1v) is 16.5. The van der Waals surface area contributed by atoms with Gasteiger partial charge in [0.1, 0.15) is 42.8 Å². The molecule has 0 saturated carbocycles. The van der Waals surface area contributed by atoms with Gasteiger partial charge in [-0.3, -0.25) is 24.0 Å². The van der Waals surface area contributed by atoms with E-state index in [1.807, 2.05) is 0 Å². The number of carboxylic acid groups (broad SMARTS) is 2. The van der Waals surface area contributed by atoms with Crippen LogP contribution in [0.1, 0.15) is 66.9 Å². The van der Waals surface area contributed by atoms with Crippen LogP contribution in [0.3, 0.4) is 0 Å². The van der Waals surface area contributed by atoms with Crippen LogP contribution in [0.5, 0.6) is 5.75 Å². The molecule has 18 nitrogen and oxygen atoms in total. The highest BCUT2D eigenvalue weighted by atomic mass is 16.7. The normalized spacial score (nSPS) is 22.1. The van der Waals surface area contributed by atoms with Gasteiger partial charge in [0, 0.05) is 12.5 Å². The molecule has 0 aromatic heterocycles. The molecule has 0 spiro atoms. The quantitative estimate of drug-likeness (QED) is 0.0860. The first-order chi connectivity index (χ1) is 23.7. The van der Waals surface area contributed by atoms with Crippen molar-refractivity contribution in [3.8, 4) is 5.75 Å². The van der Waals surface area contributed by atoms with Crippen LogP contribution in [0, 0.1) is 11.8 Å². The van der Waals surface area contributed by atoms with E-state index in [1.54, 1.807) is 41.5 Å². The summed E-state index contributed by atoms with van der Waals surface area (Å²) in [6.07, 6.45) is -10.0. The minimum absolute atomic E-state index is 0.0205. The van der Waals surface area contributed by atoms with E-state index in [0.717, 1.165) is 0 Å². The van der Waals surface area contributed by atoms with Gasteiger partial charge in [-0.1, -0.05) is 47.6 Å². The zero-order chi connectivity index (χ0) is 38.7. The summed E-state index contributed by atoms with van der Waals surface area (Å²) in [6, 6.07) is 0.773. The fraction of sp³-hybridized carbons (Fsp3) is 0.636. The lowest BCUT2D eigenvalue weighted by Gasteiger charge is -2.38. The average Bonchev–Trinajstić information content (AvgIpc) is 3.04. The Kier molecular flexibility index (Phi) is 16.2. The summed E-state index contributed by atoms with van der Waals surface area (Å²) in [5.41, 5.74) is 0.293. The van der Waals surface area contributed by atoms with E-state index in [9.17, 15) is 49.2 Å². The summed E-state index contributed by atoms with van der Waals surface area (Å²) in [7, 11) is 0. The number of aliphatic hydroxyl groups is 3. The number of rotatable bonds is 18. The molecule has 1 saturated heterocycles. The molecule has 0 radical (unpaired) electrons. The van der Waals surface area contributed by atoms with Crippen LogP contribution in [-0.4, -0.2) is 116 Å². The Bertz CT molecular complexity index is 1400. The highest BCUT2D eigenvalue weighted by Crippen LogP contribution is 2.31. The molecule has 286 valence electrons. The zero-order valence-corrected chi connectivity index (χ0v) is 29.6. The Morgan fingerprint density at radius 2 is 1.49 bits per heavy atom. The van der Waals surface area contributed by atoms with Crippen molar-refractivity contribution in [2.75, 3.05) is 5.32 Å². The van der Waals surface area contributed by atoms with E-state index in [4.69, 9.17) is 19.3 Å². The number of carboxylic acids is 2. The standard InChI is InChI=1S/C33H50N4O14/c1-14(2)23(37-29(44)20(34-16(5)6)10-11-22(38)39)30(45)35-17(7)28(43)36-19-9-8-18(13-49-32(48)15(3)4)12-21(19)50-33-26(42)24(40)25(41)27(51-33)31(46)47/h8-9,12,14-17,20,23-27,33-34,40-42H,10-11,13H2,1-7H3,(H,35,45)(H,36,43)(H,37,44)(H,38,39)(H,46,47)/t17-,20-,23-,24-,25-,26+,27-,33+/m0/s1. The van der Waals surface area contributed by atoms with Gasteiger partial charge in [-0.2, -0.15) is 0 Å². The summed E-state index contributed by atoms with van der Waals surface area (Å²) >= 11 is 0. The zero-order valence-electron chi connectivity index (χ0n) is 29.6. The predicted molar refractivity (Wildman–Crippen MR) is 178 cm³/mol. The Hall–Kier alpha value is -4.36. The minimum Gasteiger partial charge on any atom is -0.481 e. The number of amides is 3. The van der Waals surface area contributed by atoms with Gasteiger partial charge < -0.3 is 61.0 Å². The maximum atomic E-state index is 13.3. The predicted octanol–water partition coefficient (Wildman–Crippen LogP) is -0.528. The Labute approximate surface area is 295 Å². The summed E-state index contributed by atoms with van der Waals surface area (Å²) < 4.78 is 16.2. The smallest absolute Gasteiger partial charge is 0.335 e. The van der Waals surface area contributed by atoms with Crippen molar-refractivity contribution < 1.29 is 68.5 Å². The largest absolute Gasteiger partial charge is 0.481 e. The second-order valence-electron chi connectivity index (χ2n) is 13.2. The molecular formula is C33H50N4O14. The number of hydrogen-bond donors (Lipinski definition) is 9. The van der Waals surface area contributed by atoms with Crippen LogP contribution >= 0.6 is 0 Å². The monoisotopic (exact) mass is 726 g/mol. The van der Waals surface area contributed by atoms with Gasteiger partial charge in [0.2, 0.25) is 24.0 Å². The van der Waals surface area contributed by atoms with Gasteiger partial charge in [-0.15, -0.1) is 0 Å². The first kappa shape index (κ1) is 42.8. The van der Waals surface area contributed by atoms with Crippen LogP contribution < -0.4 is 26.0 Å². The summed E-state index contributed by atoms with van der Waals surface area (Å²) in [6.45, 7) is 11.3. The number of esters is 1. The number of anilines is 1. The maximum absolute atomic E-state index is 13.3. The summed E-state index contributed by atoms with van der Waals surface area (Å²) in [5.74, 6) is -6.38. The molecule has 3 amide bonds. The molecule has 0 aliphatic carbocycles. The summed E-state index contributed by atoms with van der Waals surface area (Å²) in [5, 5.41) is 60.0. The first-order valence-electron chi connectivity index (χ1n) is 16.5. The fourth-order valence-corrected chi connectivity index (χ4v) is 4.81. The number of aliphatic carboxylic acids is 2. The number of ether oxygens (including phenoxy) is 3. The number of carbonyl (C=O) groups excluding carboxylic acids is 4. The molecule has 9 N–H and O–H groups in total.